The van der Waals surface area contributed by atoms with E-state index in [1.165, 1.54) is 23.5 Å². The molecule has 0 aliphatic heterocycles. The van der Waals surface area contributed by atoms with Crippen molar-refractivity contribution >= 4 is 39.4 Å². The zero-order chi connectivity index (χ0) is 17.9. The van der Waals surface area contributed by atoms with Gasteiger partial charge in [-0.25, -0.2) is 15.0 Å². The molecule has 6 nitrogen and oxygen atoms in total. The molecule has 26 heavy (non-hydrogen) atoms. The van der Waals surface area contributed by atoms with Gasteiger partial charge in [0.2, 0.25) is 0 Å². The lowest BCUT2D eigenvalue weighted by atomic mass is 10.2. The van der Waals surface area contributed by atoms with E-state index in [1.54, 1.807) is 18.5 Å². The summed E-state index contributed by atoms with van der Waals surface area (Å²) in [5.41, 5.74) is 2.49. The molecule has 0 spiro atoms. The Bertz CT molecular complexity index is 1110. The molecule has 2 aromatic carbocycles. The smallest absolute Gasteiger partial charge is 0.258 e. The molecule has 0 bridgehead atoms. The van der Waals surface area contributed by atoms with E-state index in [9.17, 15) is 10.1 Å². The average Bonchev–Trinajstić information content (AvgIpc) is 3.09. The van der Waals surface area contributed by atoms with Crippen LogP contribution in [0.5, 0.6) is 0 Å². The summed E-state index contributed by atoms with van der Waals surface area (Å²) >= 11 is 1.48. The molecule has 0 atom stereocenters. The lowest BCUT2D eigenvalue weighted by Crippen LogP contribution is -1.88. The molecule has 0 aliphatic rings. The minimum atomic E-state index is -0.417. The number of benzene rings is 2. The lowest BCUT2D eigenvalue weighted by molar-refractivity contribution is -0.384. The van der Waals surface area contributed by atoms with Crippen molar-refractivity contribution in [1.29, 1.82) is 0 Å². The summed E-state index contributed by atoms with van der Waals surface area (Å²) < 4.78 is 0.908. The Labute approximate surface area is 152 Å². The summed E-state index contributed by atoms with van der Waals surface area (Å²) in [6, 6.07) is 14.5. The molecule has 2 heterocycles. The molecule has 0 amide bonds. The van der Waals surface area contributed by atoms with E-state index < -0.39 is 4.92 Å². The summed E-state index contributed by atoms with van der Waals surface area (Å²) in [5, 5.41) is 11.6. The number of nitro benzene ring substituents is 1. The maximum atomic E-state index is 10.8. The van der Waals surface area contributed by atoms with Crippen molar-refractivity contribution in [3.8, 4) is 11.4 Å². The fourth-order valence-corrected chi connectivity index (χ4v) is 3.30. The van der Waals surface area contributed by atoms with Crippen LogP contribution < -0.4 is 0 Å². The molecule has 126 valence electrons. The predicted molar refractivity (Wildman–Crippen MR) is 103 cm³/mol. The van der Waals surface area contributed by atoms with Gasteiger partial charge in [0.1, 0.15) is 5.01 Å². The second-order valence-electron chi connectivity index (χ2n) is 5.50. The van der Waals surface area contributed by atoms with Gasteiger partial charge in [-0.1, -0.05) is 30.3 Å². The van der Waals surface area contributed by atoms with Gasteiger partial charge in [-0.15, -0.1) is 11.3 Å². The van der Waals surface area contributed by atoms with Crippen LogP contribution in [0.15, 0.2) is 60.9 Å². The highest BCUT2D eigenvalue weighted by Crippen LogP contribution is 2.27. The van der Waals surface area contributed by atoms with Gasteiger partial charge < -0.3 is 0 Å². The van der Waals surface area contributed by atoms with Crippen molar-refractivity contribution in [2.24, 2.45) is 0 Å². The maximum absolute atomic E-state index is 10.8. The van der Waals surface area contributed by atoms with Gasteiger partial charge in [0.15, 0.2) is 5.82 Å². The molecule has 2 aromatic heterocycles. The van der Waals surface area contributed by atoms with Gasteiger partial charge in [0.25, 0.3) is 5.69 Å². The molecule has 0 unspecified atom stereocenters. The van der Waals surface area contributed by atoms with Crippen molar-refractivity contribution in [2.45, 2.75) is 0 Å². The number of non-ortho nitro benzene ring substituents is 1. The molecule has 0 N–H and O–H groups in total. The quantitative estimate of drug-likeness (QED) is 0.384. The Morgan fingerprint density at radius 3 is 2.50 bits per heavy atom. The summed E-state index contributed by atoms with van der Waals surface area (Å²) in [7, 11) is 0. The second-order valence-corrected chi connectivity index (χ2v) is 6.56. The van der Waals surface area contributed by atoms with E-state index in [1.807, 2.05) is 42.5 Å². The van der Waals surface area contributed by atoms with E-state index in [0.717, 1.165) is 20.8 Å². The zero-order valence-corrected chi connectivity index (χ0v) is 14.3. The highest BCUT2D eigenvalue weighted by atomic mass is 32.1. The summed E-state index contributed by atoms with van der Waals surface area (Å²) in [6.45, 7) is 0. The first kappa shape index (κ1) is 16.0. The van der Waals surface area contributed by atoms with Crippen LogP contribution in [0.2, 0.25) is 0 Å². The number of rotatable bonds is 4. The van der Waals surface area contributed by atoms with Gasteiger partial charge in [0, 0.05) is 35.7 Å². The van der Waals surface area contributed by atoms with Crippen LogP contribution in [0, 0.1) is 10.1 Å². The number of hydrogen-bond acceptors (Lipinski definition) is 6. The minimum Gasteiger partial charge on any atom is -0.258 e. The molecule has 0 radical (unpaired) electrons. The van der Waals surface area contributed by atoms with Crippen molar-refractivity contribution in [1.82, 2.24) is 15.0 Å². The third kappa shape index (κ3) is 3.33. The molecule has 0 saturated heterocycles. The molecule has 4 aromatic rings. The summed E-state index contributed by atoms with van der Waals surface area (Å²) in [5.74, 6) is 0.676. The third-order valence-electron chi connectivity index (χ3n) is 3.72. The van der Waals surface area contributed by atoms with Crippen LogP contribution in [-0.2, 0) is 0 Å². The topological polar surface area (TPSA) is 81.8 Å². The van der Waals surface area contributed by atoms with E-state index in [0.29, 0.717) is 11.3 Å². The number of thiazole rings is 1. The van der Waals surface area contributed by atoms with Gasteiger partial charge in [-0.3, -0.25) is 10.1 Å². The largest absolute Gasteiger partial charge is 0.271 e. The van der Waals surface area contributed by atoms with E-state index in [-0.39, 0.29) is 5.69 Å². The zero-order valence-electron chi connectivity index (χ0n) is 13.4. The van der Waals surface area contributed by atoms with Crippen LogP contribution >= 0.6 is 11.3 Å². The fraction of sp³-hybridized carbons (Fsp3) is 0. The Morgan fingerprint density at radius 2 is 1.77 bits per heavy atom. The summed E-state index contributed by atoms with van der Waals surface area (Å²) in [4.78, 5) is 23.6. The molecule has 0 fully saturated rings. The van der Waals surface area contributed by atoms with Crippen molar-refractivity contribution in [2.75, 3.05) is 0 Å². The number of nitrogens with zero attached hydrogens (tertiary/aromatic N) is 4. The number of fused-ring (bicyclic) bond motifs is 1. The average molecular weight is 360 g/mol. The highest BCUT2D eigenvalue weighted by Gasteiger charge is 2.09. The molecule has 7 heteroatoms. The Hall–Kier alpha value is -3.45. The second kappa shape index (κ2) is 6.81. The Morgan fingerprint density at radius 1 is 1.00 bits per heavy atom. The summed E-state index contributed by atoms with van der Waals surface area (Å²) in [6.07, 6.45) is 7.24. The molecular weight excluding hydrogens is 348 g/mol. The van der Waals surface area contributed by atoms with Crippen molar-refractivity contribution < 1.29 is 4.92 Å². The SMILES string of the molecule is O=[N+]([O-])c1ccc2sc(/C=C/c3cnc(-c4ccccc4)nc3)nc2c1. The minimum absolute atomic E-state index is 0.0447. The van der Waals surface area contributed by atoms with Gasteiger partial charge >= 0.3 is 0 Å². The molecule has 4 rings (SSSR count). The van der Waals surface area contributed by atoms with Crippen LogP contribution in [0.4, 0.5) is 5.69 Å². The fourth-order valence-electron chi connectivity index (χ4n) is 2.45. The molecule has 0 saturated carbocycles. The normalized spacial score (nSPS) is 11.2. The molecule has 0 aliphatic carbocycles. The van der Waals surface area contributed by atoms with Crippen molar-refractivity contribution in [3.05, 3.63) is 81.6 Å². The first-order valence-corrected chi connectivity index (χ1v) is 8.61. The first-order chi connectivity index (χ1) is 12.7. The monoisotopic (exact) mass is 360 g/mol. The van der Waals surface area contributed by atoms with Crippen molar-refractivity contribution in [3.63, 3.8) is 0 Å². The van der Waals surface area contributed by atoms with Gasteiger partial charge in [0.05, 0.1) is 15.1 Å². The number of aromatic nitrogens is 3. The van der Waals surface area contributed by atoms with Crippen LogP contribution in [-0.4, -0.2) is 19.9 Å². The number of nitro groups is 1. The van der Waals surface area contributed by atoms with Crippen LogP contribution in [0.25, 0.3) is 33.8 Å². The maximum Gasteiger partial charge on any atom is 0.271 e. The Kier molecular flexibility index (Phi) is 4.20. The van der Waals surface area contributed by atoms with Crippen LogP contribution in [0.3, 0.4) is 0 Å². The van der Waals surface area contributed by atoms with E-state index in [2.05, 4.69) is 15.0 Å². The highest BCUT2D eigenvalue weighted by molar-refractivity contribution is 7.19. The van der Waals surface area contributed by atoms with Gasteiger partial charge in [-0.05, 0) is 18.2 Å². The Balaban J connectivity index is 1.56. The standard InChI is InChI=1S/C19H12N4O2S/c24-23(25)15-7-8-17-16(10-15)22-18(26-17)9-6-13-11-20-19(21-12-13)14-4-2-1-3-5-14/h1-12H/b9-6+. The van der Waals surface area contributed by atoms with E-state index in [4.69, 9.17) is 0 Å². The molecular formula is C19H12N4O2S. The van der Waals surface area contributed by atoms with Crippen LogP contribution in [0.1, 0.15) is 10.6 Å². The first-order valence-electron chi connectivity index (χ1n) is 7.79. The lowest BCUT2D eigenvalue weighted by Gasteiger charge is -1.99. The third-order valence-corrected chi connectivity index (χ3v) is 4.72. The number of hydrogen-bond donors (Lipinski definition) is 0. The van der Waals surface area contributed by atoms with E-state index >= 15 is 0 Å². The van der Waals surface area contributed by atoms with Gasteiger partial charge in [-0.2, -0.15) is 0 Å². The predicted octanol–water partition coefficient (Wildman–Crippen LogP) is 4.83.